The minimum Gasteiger partial charge on any atom is -0.289 e. The Morgan fingerprint density at radius 1 is 1.05 bits per heavy atom. The largest absolute Gasteiger partial charge is 0.289 e. The lowest BCUT2D eigenvalue weighted by molar-refractivity contribution is 0.0851. The Morgan fingerprint density at radius 3 is 2.55 bits per heavy atom. The van der Waals surface area contributed by atoms with Gasteiger partial charge in [0.05, 0.1) is 5.54 Å². The molecule has 0 radical (unpaired) electrons. The predicted octanol–water partition coefficient (Wildman–Crippen LogP) is 4.13. The molecular formula is C18H18BrN. The highest BCUT2D eigenvalue weighted by molar-refractivity contribution is 9.10. The van der Waals surface area contributed by atoms with Crippen molar-refractivity contribution in [3.63, 3.8) is 0 Å². The molecule has 2 aliphatic heterocycles. The van der Waals surface area contributed by atoms with E-state index in [0.29, 0.717) is 6.04 Å². The van der Waals surface area contributed by atoms with E-state index in [1.807, 2.05) is 0 Å². The summed E-state index contributed by atoms with van der Waals surface area (Å²) in [6, 6.07) is 16.3. The number of fused-ring (bicyclic) bond motifs is 6. The minimum absolute atomic E-state index is 0.00310. The number of rotatable bonds is 0. The maximum atomic E-state index is 3.65. The van der Waals surface area contributed by atoms with E-state index < -0.39 is 0 Å². The fourth-order valence-electron chi connectivity index (χ4n) is 4.10. The number of likely N-dealkylation sites (N-methyl/N-ethyl adjacent to an activating group) is 1. The zero-order valence-electron chi connectivity index (χ0n) is 11.9. The summed E-state index contributed by atoms with van der Waals surface area (Å²) in [7, 11) is 2.28. The van der Waals surface area contributed by atoms with Gasteiger partial charge in [-0.2, -0.15) is 0 Å². The van der Waals surface area contributed by atoms with Crippen LogP contribution in [0.4, 0.5) is 0 Å². The molecule has 0 saturated carbocycles. The lowest BCUT2D eigenvalue weighted by Gasteiger charge is -2.53. The quantitative estimate of drug-likeness (QED) is 0.703. The maximum absolute atomic E-state index is 3.65. The van der Waals surface area contributed by atoms with Crippen molar-refractivity contribution in [3.05, 3.63) is 69.2 Å². The van der Waals surface area contributed by atoms with E-state index in [-0.39, 0.29) is 5.54 Å². The molecule has 2 heterocycles. The Balaban J connectivity index is 2.05. The molecule has 1 nitrogen and oxygen atoms in total. The highest BCUT2D eigenvalue weighted by Crippen LogP contribution is 2.47. The van der Waals surface area contributed by atoms with Gasteiger partial charge in [-0.25, -0.2) is 0 Å². The second-order valence-electron chi connectivity index (χ2n) is 6.20. The van der Waals surface area contributed by atoms with Crippen molar-refractivity contribution >= 4 is 15.9 Å². The van der Waals surface area contributed by atoms with Crippen LogP contribution in [0.25, 0.3) is 0 Å². The summed E-state index contributed by atoms with van der Waals surface area (Å²) in [6.45, 7) is 2.38. The van der Waals surface area contributed by atoms with Gasteiger partial charge in [-0.15, -0.1) is 0 Å². The maximum Gasteiger partial charge on any atom is 0.0692 e. The van der Waals surface area contributed by atoms with E-state index in [2.05, 4.69) is 77.3 Å². The molecule has 2 aromatic rings. The van der Waals surface area contributed by atoms with Crippen molar-refractivity contribution < 1.29 is 0 Å². The Hall–Kier alpha value is -1.12. The van der Waals surface area contributed by atoms with Crippen LogP contribution in [0, 0.1) is 0 Å². The van der Waals surface area contributed by atoms with Gasteiger partial charge in [-0.05, 0) is 61.2 Å². The van der Waals surface area contributed by atoms with Crippen molar-refractivity contribution in [1.82, 2.24) is 4.90 Å². The Kier molecular flexibility index (Phi) is 2.64. The normalized spacial score (nSPS) is 27.9. The van der Waals surface area contributed by atoms with Crippen LogP contribution < -0.4 is 0 Å². The molecule has 102 valence electrons. The summed E-state index contributed by atoms with van der Waals surface area (Å²) in [5, 5.41) is 0. The zero-order valence-corrected chi connectivity index (χ0v) is 13.4. The topological polar surface area (TPSA) is 3.24 Å². The van der Waals surface area contributed by atoms with Crippen LogP contribution >= 0.6 is 15.9 Å². The Labute approximate surface area is 128 Å². The van der Waals surface area contributed by atoms with Crippen LogP contribution in [0.3, 0.4) is 0 Å². The lowest BCUT2D eigenvalue weighted by atomic mass is 9.69. The molecule has 2 heteroatoms. The first-order valence-electron chi connectivity index (χ1n) is 7.21. The Bertz CT molecular complexity index is 694. The van der Waals surface area contributed by atoms with Gasteiger partial charge in [-0.3, -0.25) is 4.90 Å². The molecule has 2 unspecified atom stereocenters. The van der Waals surface area contributed by atoms with Gasteiger partial charge in [0, 0.05) is 10.5 Å². The molecule has 0 N–H and O–H groups in total. The molecule has 2 bridgehead atoms. The molecule has 0 aromatic heterocycles. The number of benzene rings is 2. The van der Waals surface area contributed by atoms with Crippen molar-refractivity contribution in [2.45, 2.75) is 31.3 Å². The predicted molar refractivity (Wildman–Crippen MR) is 86.0 cm³/mol. The SMILES string of the molecule is CN1C2Cc3ccccc3C1(C)c1cc(Br)ccc1C2. The first-order valence-corrected chi connectivity index (χ1v) is 8.00. The van der Waals surface area contributed by atoms with Gasteiger partial charge in [0.1, 0.15) is 0 Å². The molecule has 2 aromatic carbocycles. The first kappa shape index (κ1) is 12.6. The third-order valence-corrected chi connectivity index (χ3v) is 5.80. The van der Waals surface area contributed by atoms with Crippen molar-refractivity contribution in [1.29, 1.82) is 0 Å². The molecule has 20 heavy (non-hydrogen) atoms. The fourth-order valence-corrected chi connectivity index (χ4v) is 4.46. The first-order chi connectivity index (χ1) is 9.60. The minimum atomic E-state index is -0.00310. The van der Waals surface area contributed by atoms with Gasteiger partial charge in [0.25, 0.3) is 0 Å². The van der Waals surface area contributed by atoms with Gasteiger partial charge < -0.3 is 0 Å². The summed E-state index contributed by atoms with van der Waals surface area (Å²) in [4.78, 5) is 2.57. The molecule has 0 saturated heterocycles. The van der Waals surface area contributed by atoms with Crippen molar-refractivity contribution in [2.24, 2.45) is 0 Å². The number of halogens is 1. The van der Waals surface area contributed by atoms with E-state index in [1.54, 1.807) is 0 Å². The molecule has 0 spiro atoms. The average Bonchev–Trinajstić information content (AvgIpc) is 2.44. The smallest absolute Gasteiger partial charge is 0.0692 e. The monoisotopic (exact) mass is 327 g/mol. The van der Waals surface area contributed by atoms with Crippen LogP contribution in [-0.4, -0.2) is 18.0 Å². The van der Waals surface area contributed by atoms with Gasteiger partial charge >= 0.3 is 0 Å². The van der Waals surface area contributed by atoms with E-state index in [9.17, 15) is 0 Å². The van der Waals surface area contributed by atoms with E-state index in [4.69, 9.17) is 0 Å². The van der Waals surface area contributed by atoms with Crippen molar-refractivity contribution in [2.75, 3.05) is 7.05 Å². The third kappa shape index (κ3) is 1.52. The van der Waals surface area contributed by atoms with E-state index >= 15 is 0 Å². The summed E-state index contributed by atoms with van der Waals surface area (Å²) >= 11 is 3.65. The molecule has 2 aliphatic rings. The van der Waals surface area contributed by atoms with Crippen LogP contribution in [0.5, 0.6) is 0 Å². The van der Waals surface area contributed by atoms with Crippen LogP contribution in [0.1, 0.15) is 29.2 Å². The highest BCUT2D eigenvalue weighted by Gasteiger charge is 2.46. The van der Waals surface area contributed by atoms with Gasteiger partial charge in [0.15, 0.2) is 0 Å². The second kappa shape index (κ2) is 4.19. The molecule has 0 amide bonds. The van der Waals surface area contributed by atoms with Gasteiger partial charge in [-0.1, -0.05) is 46.3 Å². The van der Waals surface area contributed by atoms with Crippen LogP contribution in [-0.2, 0) is 18.4 Å². The molecule has 4 rings (SSSR count). The molecular weight excluding hydrogens is 310 g/mol. The number of hydrogen-bond donors (Lipinski definition) is 0. The summed E-state index contributed by atoms with van der Waals surface area (Å²) in [5.74, 6) is 0. The van der Waals surface area contributed by atoms with Gasteiger partial charge in [0.2, 0.25) is 0 Å². The molecule has 2 atom stereocenters. The number of nitrogens with zero attached hydrogens (tertiary/aromatic N) is 1. The fraction of sp³-hybridized carbons (Fsp3) is 0.333. The third-order valence-electron chi connectivity index (χ3n) is 5.30. The summed E-state index contributed by atoms with van der Waals surface area (Å²) in [5.41, 5.74) is 5.95. The summed E-state index contributed by atoms with van der Waals surface area (Å²) in [6.07, 6.45) is 2.32. The van der Waals surface area contributed by atoms with E-state index in [0.717, 1.165) is 12.8 Å². The zero-order chi connectivity index (χ0) is 13.9. The number of hydrogen-bond acceptors (Lipinski definition) is 1. The van der Waals surface area contributed by atoms with E-state index in [1.165, 1.54) is 26.7 Å². The highest BCUT2D eigenvalue weighted by atomic mass is 79.9. The van der Waals surface area contributed by atoms with Crippen LogP contribution in [0.15, 0.2) is 46.9 Å². The van der Waals surface area contributed by atoms with Crippen LogP contribution in [0.2, 0.25) is 0 Å². The van der Waals surface area contributed by atoms with Crippen molar-refractivity contribution in [3.8, 4) is 0 Å². The average molecular weight is 328 g/mol. The molecule has 0 fully saturated rings. The molecule has 0 aliphatic carbocycles. The standard InChI is InChI=1S/C18H18BrN/c1-18-16-6-4-3-5-12(16)9-15(20(18)2)10-13-7-8-14(19)11-17(13)18/h3-8,11,15H,9-10H2,1-2H3. The second-order valence-corrected chi connectivity index (χ2v) is 7.12. The summed E-state index contributed by atoms with van der Waals surface area (Å²) < 4.78 is 1.17. The lowest BCUT2D eigenvalue weighted by Crippen LogP contribution is -2.56. The Morgan fingerprint density at radius 2 is 1.75 bits per heavy atom.